The van der Waals surface area contributed by atoms with Gasteiger partial charge in [0.1, 0.15) is 0 Å². The van der Waals surface area contributed by atoms with Gasteiger partial charge in [-0.3, -0.25) is 4.52 Å². The third-order valence-electron chi connectivity index (χ3n) is 4.06. The minimum Gasteiger partial charge on any atom is -0.302 e. The Morgan fingerprint density at radius 3 is 2.09 bits per heavy atom. The Bertz CT molecular complexity index is 557. The highest BCUT2D eigenvalue weighted by Crippen LogP contribution is 2.67. The van der Waals surface area contributed by atoms with Gasteiger partial charge in [0, 0.05) is 0 Å². The largest absolute Gasteiger partial charge is 0.490 e. The van der Waals surface area contributed by atoms with Gasteiger partial charge in [-0.25, -0.2) is 13.7 Å². The number of phosphoric ester groups is 1. The SMILES string of the molecule is CC(C)C1(C)CCCC(OP(=O)(O)OP(=O)(O)OP(=O)(O)O)C1. The minimum absolute atomic E-state index is 0.117. The zero-order valence-electron chi connectivity index (χ0n) is 13.1. The van der Waals surface area contributed by atoms with Gasteiger partial charge in [0.05, 0.1) is 6.10 Å². The molecule has 1 fully saturated rings. The lowest BCUT2D eigenvalue weighted by Gasteiger charge is -2.41. The van der Waals surface area contributed by atoms with Gasteiger partial charge >= 0.3 is 23.5 Å². The number of hydrogen-bond donors (Lipinski definition) is 4. The van der Waals surface area contributed by atoms with Crippen LogP contribution in [0.15, 0.2) is 0 Å². The van der Waals surface area contributed by atoms with E-state index in [4.69, 9.17) is 19.2 Å². The van der Waals surface area contributed by atoms with Crippen LogP contribution in [0.1, 0.15) is 46.5 Å². The Labute approximate surface area is 134 Å². The first kappa shape index (κ1) is 21.5. The summed E-state index contributed by atoms with van der Waals surface area (Å²) in [5.41, 5.74) is -0.117. The highest BCUT2D eigenvalue weighted by atomic mass is 31.3. The van der Waals surface area contributed by atoms with E-state index in [1.807, 2.05) is 20.8 Å². The summed E-state index contributed by atoms with van der Waals surface area (Å²) in [4.78, 5) is 35.6. The maximum absolute atomic E-state index is 11.8. The summed E-state index contributed by atoms with van der Waals surface area (Å²) < 4.78 is 46.0. The quantitative estimate of drug-likeness (QED) is 0.471. The minimum atomic E-state index is -5.46. The van der Waals surface area contributed by atoms with Crippen molar-refractivity contribution in [1.82, 2.24) is 0 Å². The van der Waals surface area contributed by atoms with Crippen molar-refractivity contribution >= 4 is 23.5 Å². The van der Waals surface area contributed by atoms with Crippen molar-refractivity contribution in [2.45, 2.75) is 52.6 Å². The maximum atomic E-state index is 11.8. The zero-order chi connectivity index (χ0) is 18.1. The lowest BCUT2D eigenvalue weighted by atomic mass is 9.68. The van der Waals surface area contributed by atoms with Crippen LogP contribution < -0.4 is 0 Å². The number of hydrogen-bond acceptors (Lipinski definition) is 6. The predicted molar refractivity (Wildman–Crippen MR) is 80.2 cm³/mol. The Kier molecular flexibility index (Phi) is 6.85. The Morgan fingerprint density at radius 2 is 1.61 bits per heavy atom. The van der Waals surface area contributed by atoms with Gasteiger partial charge in [-0.2, -0.15) is 8.62 Å². The van der Waals surface area contributed by atoms with E-state index >= 15 is 0 Å². The van der Waals surface area contributed by atoms with Crippen LogP contribution in [-0.2, 0) is 26.8 Å². The topological polar surface area (TPSA) is 160 Å². The molecule has 1 aliphatic rings. The van der Waals surface area contributed by atoms with E-state index in [1.165, 1.54) is 0 Å². The second kappa shape index (κ2) is 7.34. The van der Waals surface area contributed by atoms with Gasteiger partial charge in [-0.05, 0) is 30.6 Å². The van der Waals surface area contributed by atoms with E-state index in [9.17, 15) is 18.6 Å². The van der Waals surface area contributed by atoms with Crippen molar-refractivity contribution in [1.29, 1.82) is 0 Å². The van der Waals surface area contributed by atoms with E-state index in [1.54, 1.807) is 0 Å². The summed E-state index contributed by atoms with van der Waals surface area (Å²) in [6.07, 6.45) is 1.90. The van der Waals surface area contributed by atoms with Crippen LogP contribution in [-0.4, -0.2) is 25.7 Å². The monoisotopic (exact) mass is 396 g/mol. The molecule has 4 atom stereocenters. The molecule has 0 aliphatic heterocycles. The molecule has 23 heavy (non-hydrogen) atoms. The van der Waals surface area contributed by atoms with E-state index in [0.717, 1.165) is 12.8 Å². The smallest absolute Gasteiger partial charge is 0.302 e. The highest BCUT2D eigenvalue weighted by molar-refractivity contribution is 7.66. The standard InChI is InChI=1S/C10H23O10P3/c1-8(2)10(3)6-4-5-9(7-10)18-22(14,15)20-23(16,17)19-21(11,12)13/h8-9H,4-7H2,1-3H3,(H,14,15)(H,16,17)(H2,11,12,13). The van der Waals surface area contributed by atoms with Crippen LogP contribution in [0, 0.1) is 11.3 Å². The summed E-state index contributed by atoms with van der Waals surface area (Å²) in [5.74, 6) is 0.301. The predicted octanol–water partition coefficient (Wildman–Crippen LogP) is 2.93. The first-order chi connectivity index (χ1) is 10.1. The van der Waals surface area contributed by atoms with Gasteiger partial charge < -0.3 is 19.6 Å². The fourth-order valence-electron chi connectivity index (χ4n) is 2.56. The molecule has 0 amide bonds. The summed E-state index contributed by atoms with van der Waals surface area (Å²) >= 11 is 0. The van der Waals surface area contributed by atoms with Crippen LogP contribution >= 0.6 is 23.5 Å². The molecule has 0 spiro atoms. The number of rotatable bonds is 7. The third kappa shape index (κ3) is 7.45. The zero-order valence-corrected chi connectivity index (χ0v) is 15.7. The van der Waals surface area contributed by atoms with Crippen LogP contribution in [0.2, 0.25) is 0 Å². The van der Waals surface area contributed by atoms with E-state index in [2.05, 4.69) is 8.62 Å². The van der Waals surface area contributed by atoms with Crippen molar-refractivity contribution in [3.8, 4) is 0 Å². The highest BCUT2D eigenvalue weighted by Gasteiger charge is 2.44. The van der Waals surface area contributed by atoms with Crippen LogP contribution in [0.4, 0.5) is 0 Å². The molecule has 13 heteroatoms. The van der Waals surface area contributed by atoms with Crippen LogP contribution in [0.5, 0.6) is 0 Å². The molecule has 0 aromatic rings. The average molecular weight is 396 g/mol. The molecule has 0 saturated heterocycles. The molecule has 1 rings (SSSR count). The van der Waals surface area contributed by atoms with Crippen molar-refractivity contribution in [2.24, 2.45) is 11.3 Å². The van der Waals surface area contributed by atoms with Crippen molar-refractivity contribution in [3.63, 3.8) is 0 Å². The molecule has 4 unspecified atom stereocenters. The summed E-state index contributed by atoms with van der Waals surface area (Å²) in [6, 6.07) is 0. The maximum Gasteiger partial charge on any atom is 0.490 e. The first-order valence-electron chi connectivity index (χ1n) is 6.96. The second-order valence-electron chi connectivity index (χ2n) is 6.22. The van der Waals surface area contributed by atoms with Crippen molar-refractivity contribution in [3.05, 3.63) is 0 Å². The molecule has 0 radical (unpaired) electrons. The van der Waals surface area contributed by atoms with E-state index in [0.29, 0.717) is 18.8 Å². The first-order valence-corrected chi connectivity index (χ1v) is 11.5. The molecule has 0 aromatic heterocycles. The second-order valence-corrected chi connectivity index (χ2v) is 10.6. The summed E-state index contributed by atoms with van der Waals surface area (Å²) in [7, 11) is -15.9. The molecule has 1 aliphatic carbocycles. The van der Waals surface area contributed by atoms with Crippen LogP contribution in [0.3, 0.4) is 0 Å². The van der Waals surface area contributed by atoms with Crippen LogP contribution in [0.25, 0.3) is 0 Å². The molecular formula is C10H23O10P3. The van der Waals surface area contributed by atoms with Gasteiger partial charge in [0.2, 0.25) is 0 Å². The average Bonchev–Trinajstić information content (AvgIpc) is 2.21. The lowest BCUT2D eigenvalue weighted by Crippen LogP contribution is -2.34. The summed E-state index contributed by atoms with van der Waals surface area (Å²) in [6.45, 7) is 6.06. The Hall–Kier alpha value is 0.410. The molecule has 0 bridgehead atoms. The normalized spacial score (nSPS) is 31.6. The van der Waals surface area contributed by atoms with Crippen molar-refractivity contribution < 1.29 is 46.4 Å². The Balaban J connectivity index is 2.73. The fourth-order valence-corrected chi connectivity index (χ4v) is 5.78. The van der Waals surface area contributed by atoms with Gasteiger partial charge in [-0.15, -0.1) is 0 Å². The molecule has 10 nitrogen and oxygen atoms in total. The van der Waals surface area contributed by atoms with Crippen molar-refractivity contribution in [2.75, 3.05) is 0 Å². The summed E-state index contributed by atoms with van der Waals surface area (Å²) in [5, 5.41) is 0. The van der Waals surface area contributed by atoms with E-state index < -0.39 is 29.6 Å². The molecule has 0 heterocycles. The van der Waals surface area contributed by atoms with E-state index in [-0.39, 0.29) is 5.41 Å². The molecule has 4 N–H and O–H groups in total. The van der Waals surface area contributed by atoms with Gasteiger partial charge in [0.25, 0.3) is 0 Å². The van der Waals surface area contributed by atoms with Gasteiger partial charge in [0.15, 0.2) is 0 Å². The molecular weight excluding hydrogens is 373 g/mol. The Morgan fingerprint density at radius 1 is 1.04 bits per heavy atom. The molecule has 0 aromatic carbocycles. The third-order valence-corrected chi connectivity index (χ3v) is 7.95. The fraction of sp³-hybridized carbons (Fsp3) is 1.00. The van der Waals surface area contributed by atoms with Gasteiger partial charge in [-0.1, -0.05) is 27.2 Å². The molecule has 1 saturated carbocycles. The molecule has 138 valence electrons. The lowest BCUT2D eigenvalue weighted by molar-refractivity contribution is 0.0266. The number of phosphoric acid groups is 3.